The predicted molar refractivity (Wildman–Crippen MR) is 89.5 cm³/mol. The van der Waals surface area contributed by atoms with Crippen LogP contribution in [0.2, 0.25) is 13.1 Å². The highest BCUT2D eigenvalue weighted by Gasteiger charge is 2.38. The first-order valence-corrected chi connectivity index (χ1v) is 10.2. The molecular formula is C18H24O2Si. The average molecular weight is 300 g/mol. The minimum atomic E-state index is -2.20. The van der Waals surface area contributed by atoms with Crippen molar-refractivity contribution in [3.05, 3.63) is 71.8 Å². The standard InChI is InChI=1S/C18H24O2Si/c1-5-19-21(3,4)20-18(2,16-12-8-6-9-13-16)17-14-10-7-11-15-17/h6-15H,5H2,1-4H3. The molecule has 0 saturated carbocycles. The summed E-state index contributed by atoms with van der Waals surface area (Å²) < 4.78 is 12.4. The lowest BCUT2D eigenvalue weighted by molar-refractivity contribution is 0.0718. The third kappa shape index (κ3) is 3.82. The Morgan fingerprint density at radius 2 is 1.29 bits per heavy atom. The van der Waals surface area contributed by atoms with E-state index in [1.54, 1.807) is 0 Å². The maximum absolute atomic E-state index is 6.55. The summed E-state index contributed by atoms with van der Waals surface area (Å²) in [5, 5.41) is 0. The van der Waals surface area contributed by atoms with Crippen LogP contribution in [-0.4, -0.2) is 15.2 Å². The Morgan fingerprint density at radius 1 is 0.857 bits per heavy atom. The molecule has 0 aliphatic carbocycles. The lowest BCUT2D eigenvalue weighted by atomic mass is 9.88. The van der Waals surface area contributed by atoms with Gasteiger partial charge in [-0.2, -0.15) is 0 Å². The zero-order valence-corrected chi connectivity index (χ0v) is 14.3. The summed E-state index contributed by atoms with van der Waals surface area (Å²) in [4.78, 5) is 0. The fourth-order valence-corrected chi connectivity index (χ4v) is 4.64. The Hall–Kier alpha value is -1.42. The second kappa shape index (κ2) is 6.56. The van der Waals surface area contributed by atoms with Gasteiger partial charge in [0.1, 0.15) is 5.60 Å². The molecule has 2 aromatic rings. The number of hydrogen-bond donors (Lipinski definition) is 0. The van der Waals surface area contributed by atoms with Crippen LogP contribution in [0.5, 0.6) is 0 Å². The van der Waals surface area contributed by atoms with Gasteiger partial charge in [0.05, 0.1) is 0 Å². The van der Waals surface area contributed by atoms with Crippen LogP contribution in [0.1, 0.15) is 25.0 Å². The van der Waals surface area contributed by atoms with Crippen molar-refractivity contribution in [1.29, 1.82) is 0 Å². The number of rotatable bonds is 6. The van der Waals surface area contributed by atoms with E-state index in [9.17, 15) is 0 Å². The van der Waals surface area contributed by atoms with Gasteiger partial charge in [-0.1, -0.05) is 60.7 Å². The van der Waals surface area contributed by atoms with Crippen molar-refractivity contribution >= 4 is 8.56 Å². The largest absolute Gasteiger partial charge is 0.395 e. The lowest BCUT2D eigenvalue weighted by Crippen LogP contribution is -2.44. The smallest absolute Gasteiger partial charge is 0.332 e. The third-order valence-electron chi connectivity index (χ3n) is 3.59. The summed E-state index contributed by atoms with van der Waals surface area (Å²) in [5.74, 6) is 0. The summed E-state index contributed by atoms with van der Waals surface area (Å²) in [7, 11) is -2.20. The van der Waals surface area contributed by atoms with E-state index in [4.69, 9.17) is 8.85 Å². The van der Waals surface area contributed by atoms with Gasteiger partial charge < -0.3 is 8.85 Å². The molecule has 0 radical (unpaired) electrons. The van der Waals surface area contributed by atoms with Crippen LogP contribution in [-0.2, 0) is 14.5 Å². The van der Waals surface area contributed by atoms with Crippen molar-refractivity contribution in [3.8, 4) is 0 Å². The fraction of sp³-hybridized carbons (Fsp3) is 0.333. The molecule has 2 aromatic carbocycles. The van der Waals surface area contributed by atoms with Crippen molar-refractivity contribution in [3.63, 3.8) is 0 Å². The first kappa shape index (κ1) is 16.0. The van der Waals surface area contributed by atoms with E-state index in [1.807, 2.05) is 19.1 Å². The van der Waals surface area contributed by atoms with Gasteiger partial charge >= 0.3 is 8.56 Å². The SMILES string of the molecule is CCO[Si](C)(C)OC(C)(c1ccccc1)c1ccccc1. The highest BCUT2D eigenvalue weighted by molar-refractivity contribution is 6.64. The van der Waals surface area contributed by atoms with Crippen LogP contribution < -0.4 is 0 Å². The molecule has 0 bridgehead atoms. The summed E-state index contributed by atoms with van der Waals surface area (Å²) >= 11 is 0. The molecule has 3 heteroatoms. The molecular weight excluding hydrogens is 276 g/mol. The predicted octanol–water partition coefficient (Wildman–Crippen LogP) is 4.71. The zero-order chi connectivity index (χ0) is 15.3. The van der Waals surface area contributed by atoms with Gasteiger partial charge in [-0.3, -0.25) is 0 Å². The molecule has 0 amide bonds. The normalized spacial score (nSPS) is 12.4. The molecule has 21 heavy (non-hydrogen) atoms. The molecule has 0 aliphatic heterocycles. The topological polar surface area (TPSA) is 18.5 Å². The van der Waals surface area contributed by atoms with E-state index in [0.29, 0.717) is 6.61 Å². The maximum atomic E-state index is 6.55. The second-order valence-corrected chi connectivity index (χ2v) is 8.99. The first-order valence-electron chi connectivity index (χ1n) is 7.43. The van der Waals surface area contributed by atoms with Crippen LogP contribution >= 0.6 is 0 Å². The van der Waals surface area contributed by atoms with E-state index in [-0.39, 0.29) is 0 Å². The average Bonchev–Trinajstić information content (AvgIpc) is 2.48. The molecule has 0 N–H and O–H groups in total. The van der Waals surface area contributed by atoms with E-state index < -0.39 is 14.2 Å². The summed E-state index contributed by atoms with van der Waals surface area (Å²) in [6.45, 7) is 9.02. The minimum absolute atomic E-state index is 0.493. The number of benzene rings is 2. The monoisotopic (exact) mass is 300 g/mol. The Balaban J connectivity index is 2.45. The van der Waals surface area contributed by atoms with E-state index in [1.165, 1.54) is 0 Å². The molecule has 0 aliphatic rings. The summed E-state index contributed by atoms with van der Waals surface area (Å²) in [6.07, 6.45) is 0. The van der Waals surface area contributed by atoms with Crippen molar-refractivity contribution in [1.82, 2.24) is 0 Å². The Bertz CT molecular complexity index is 512. The van der Waals surface area contributed by atoms with Crippen molar-refractivity contribution in [2.45, 2.75) is 32.5 Å². The van der Waals surface area contributed by atoms with Gasteiger partial charge in [0.2, 0.25) is 0 Å². The summed E-state index contributed by atoms with van der Waals surface area (Å²) in [6, 6.07) is 20.7. The van der Waals surface area contributed by atoms with Gasteiger partial charge in [-0.25, -0.2) is 0 Å². The third-order valence-corrected chi connectivity index (χ3v) is 5.47. The molecule has 0 atom stereocenters. The lowest BCUT2D eigenvalue weighted by Gasteiger charge is -2.38. The van der Waals surface area contributed by atoms with Gasteiger partial charge in [0.25, 0.3) is 0 Å². The highest BCUT2D eigenvalue weighted by Crippen LogP contribution is 2.36. The van der Waals surface area contributed by atoms with Crippen molar-refractivity contribution < 1.29 is 8.85 Å². The zero-order valence-electron chi connectivity index (χ0n) is 13.3. The molecule has 2 nitrogen and oxygen atoms in total. The molecule has 0 spiro atoms. The van der Waals surface area contributed by atoms with Gasteiger partial charge in [0, 0.05) is 6.61 Å². The molecule has 2 rings (SSSR count). The Kier molecular flexibility index (Phi) is 4.98. The molecule has 112 valence electrons. The van der Waals surface area contributed by atoms with Crippen molar-refractivity contribution in [2.75, 3.05) is 6.61 Å². The highest BCUT2D eigenvalue weighted by atomic mass is 28.4. The Morgan fingerprint density at radius 3 is 1.67 bits per heavy atom. The molecule has 0 fully saturated rings. The van der Waals surface area contributed by atoms with E-state index in [2.05, 4.69) is 68.5 Å². The van der Waals surface area contributed by atoms with E-state index in [0.717, 1.165) is 11.1 Å². The van der Waals surface area contributed by atoms with E-state index >= 15 is 0 Å². The van der Waals surface area contributed by atoms with Crippen molar-refractivity contribution in [2.24, 2.45) is 0 Å². The summed E-state index contributed by atoms with van der Waals surface area (Å²) in [5.41, 5.74) is 1.81. The van der Waals surface area contributed by atoms with Crippen LogP contribution in [0.3, 0.4) is 0 Å². The molecule has 0 unspecified atom stereocenters. The minimum Gasteiger partial charge on any atom is -0.395 e. The number of hydrogen-bond acceptors (Lipinski definition) is 2. The van der Waals surface area contributed by atoms with Gasteiger partial charge in [0.15, 0.2) is 0 Å². The maximum Gasteiger partial charge on any atom is 0.332 e. The van der Waals surface area contributed by atoms with Gasteiger partial charge in [-0.15, -0.1) is 0 Å². The van der Waals surface area contributed by atoms with Crippen LogP contribution in [0.25, 0.3) is 0 Å². The van der Waals surface area contributed by atoms with Gasteiger partial charge in [-0.05, 0) is 38.1 Å². The Labute approximate surface area is 129 Å². The second-order valence-electron chi connectivity index (χ2n) is 5.70. The molecule has 0 aromatic heterocycles. The van der Waals surface area contributed by atoms with Crippen LogP contribution in [0.15, 0.2) is 60.7 Å². The first-order chi connectivity index (χ1) is 9.98. The molecule has 0 heterocycles. The quantitative estimate of drug-likeness (QED) is 0.720. The van der Waals surface area contributed by atoms with Crippen LogP contribution in [0, 0.1) is 0 Å². The van der Waals surface area contributed by atoms with Crippen LogP contribution in [0.4, 0.5) is 0 Å². The molecule has 0 saturated heterocycles. The fourth-order valence-electron chi connectivity index (χ4n) is 2.67.